The highest BCUT2D eigenvalue weighted by Crippen LogP contribution is 2.27. The Hall–Kier alpha value is -0.850. The monoisotopic (exact) mass is 292 g/mol. The maximum atomic E-state index is 11.3. The number of aromatic nitrogens is 1. The molecule has 0 aliphatic carbocycles. The Morgan fingerprint density at radius 1 is 1.56 bits per heavy atom. The van der Waals surface area contributed by atoms with Crippen molar-refractivity contribution in [2.45, 2.75) is 13.8 Å². The maximum Gasteiger partial charge on any atom is 0.351 e. The minimum absolute atomic E-state index is 0.164. The predicted molar refractivity (Wildman–Crippen MR) is 72.6 cm³/mol. The van der Waals surface area contributed by atoms with E-state index in [1.165, 1.54) is 18.4 Å². The number of hydrogen-bond donors (Lipinski definition) is 1. The number of nitrogens with one attached hydrogen (secondary N) is 1. The van der Waals surface area contributed by atoms with Gasteiger partial charge < -0.3 is 14.8 Å². The summed E-state index contributed by atoms with van der Waals surface area (Å²) in [5, 5.41) is 3.80. The van der Waals surface area contributed by atoms with Gasteiger partial charge in [0, 0.05) is 13.2 Å². The van der Waals surface area contributed by atoms with Gasteiger partial charge in [0.2, 0.25) is 0 Å². The van der Waals surface area contributed by atoms with Crippen molar-refractivity contribution >= 4 is 34.0 Å². The summed E-state index contributed by atoms with van der Waals surface area (Å²) in [5.41, 5.74) is 0. The summed E-state index contributed by atoms with van der Waals surface area (Å²) in [4.78, 5) is 15.6. The fourth-order valence-electron chi connectivity index (χ4n) is 1.14. The second kappa shape index (κ2) is 7.56. The minimum atomic E-state index is -0.471. The minimum Gasteiger partial charge on any atom is -0.465 e. The van der Waals surface area contributed by atoms with Crippen LogP contribution in [-0.2, 0) is 9.47 Å². The third-order valence-corrected chi connectivity index (χ3v) is 3.31. The first kappa shape index (κ1) is 15.2. The van der Waals surface area contributed by atoms with E-state index in [4.69, 9.17) is 16.3 Å². The van der Waals surface area contributed by atoms with Crippen LogP contribution in [0.4, 0.5) is 5.13 Å². The number of nitrogens with zero attached hydrogens (tertiary/aromatic N) is 1. The molecule has 102 valence electrons. The zero-order chi connectivity index (χ0) is 13.5. The lowest BCUT2D eigenvalue weighted by Crippen LogP contribution is -2.11. The average Bonchev–Trinajstić information content (AvgIpc) is 2.69. The van der Waals surface area contributed by atoms with Crippen LogP contribution in [0.25, 0.3) is 0 Å². The molecule has 0 radical (unpaired) electrons. The van der Waals surface area contributed by atoms with Gasteiger partial charge in [-0.15, -0.1) is 0 Å². The molecule has 0 bridgehead atoms. The summed E-state index contributed by atoms with van der Waals surface area (Å²) in [6.45, 7) is 6.13. The number of hydrogen-bond acceptors (Lipinski definition) is 6. The van der Waals surface area contributed by atoms with Gasteiger partial charge in [0.05, 0.1) is 13.7 Å². The molecule has 1 N–H and O–H groups in total. The summed E-state index contributed by atoms with van der Waals surface area (Å²) >= 11 is 7.00. The number of anilines is 1. The molecular formula is C11H17ClN2O3S. The molecule has 0 spiro atoms. The fourth-order valence-corrected chi connectivity index (χ4v) is 2.27. The Labute approximate surface area is 115 Å². The van der Waals surface area contributed by atoms with Crippen molar-refractivity contribution in [2.24, 2.45) is 5.92 Å². The maximum absolute atomic E-state index is 11.3. The van der Waals surface area contributed by atoms with Gasteiger partial charge in [-0.25, -0.2) is 9.78 Å². The van der Waals surface area contributed by atoms with Crippen LogP contribution in [0.3, 0.4) is 0 Å². The van der Waals surface area contributed by atoms with Gasteiger partial charge in [-0.1, -0.05) is 36.8 Å². The summed E-state index contributed by atoms with van der Waals surface area (Å²) in [5.74, 6) is 0.0480. The van der Waals surface area contributed by atoms with E-state index < -0.39 is 5.97 Å². The normalized spacial score (nSPS) is 10.7. The van der Waals surface area contributed by atoms with E-state index in [-0.39, 0.29) is 5.15 Å². The van der Waals surface area contributed by atoms with E-state index in [2.05, 4.69) is 28.9 Å². The van der Waals surface area contributed by atoms with E-state index >= 15 is 0 Å². The lowest BCUT2D eigenvalue weighted by atomic mass is 10.2. The fraction of sp³-hybridized carbons (Fsp3) is 0.636. The van der Waals surface area contributed by atoms with E-state index in [1.54, 1.807) is 0 Å². The van der Waals surface area contributed by atoms with Crippen LogP contribution in [0.15, 0.2) is 0 Å². The first-order valence-corrected chi connectivity index (χ1v) is 6.80. The molecule has 0 saturated heterocycles. The predicted octanol–water partition coefficient (Wildman–Crippen LogP) is 2.67. The highest BCUT2D eigenvalue weighted by molar-refractivity contribution is 7.18. The van der Waals surface area contributed by atoms with Crippen LogP contribution >= 0.6 is 22.9 Å². The number of carbonyl (C=O) groups excluding carboxylic acids is 1. The SMILES string of the molecule is COC(=O)c1sc(NCCOCC(C)C)nc1Cl. The van der Waals surface area contributed by atoms with Crippen molar-refractivity contribution in [3.05, 3.63) is 10.0 Å². The van der Waals surface area contributed by atoms with E-state index in [1.807, 2.05) is 0 Å². The first-order valence-electron chi connectivity index (χ1n) is 5.60. The number of rotatable bonds is 7. The van der Waals surface area contributed by atoms with Crippen LogP contribution in [0.1, 0.15) is 23.5 Å². The topological polar surface area (TPSA) is 60.5 Å². The summed E-state index contributed by atoms with van der Waals surface area (Å²) < 4.78 is 10.0. The summed E-state index contributed by atoms with van der Waals surface area (Å²) in [6.07, 6.45) is 0. The van der Waals surface area contributed by atoms with Crippen molar-refractivity contribution < 1.29 is 14.3 Å². The van der Waals surface area contributed by atoms with Crippen LogP contribution in [0.5, 0.6) is 0 Å². The molecule has 0 unspecified atom stereocenters. The number of methoxy groups -OCH3 is 1. The largest absolute Gasteiger partial charge is 0.465 e. The standard InChI is InChI=1S/C11H17ClN2O3S/c1-7(2)6-17-5-4-13-11-14-9(12)8(18-11)10(15)16-3/h7H,4-6H2,1-3H3,(H,13,14). The second-order valence-electron chi connectivity index (χ2n) is 4.03. The van der Waals surface area contributed by atoms with Crippen molar-refractivity contribution in [1.82, 2.24) is 4.98 Å². The van der Waals surface area contributed by atoms with Crippen molar-refractivity contribution in [3.63, 3.8) is 0 Å². The van der Waals surface area contributed by atoms with Crippen molar-refractivity contribution in [3.8, 4) is 0 Å². The molecule has 0 aliphatic rings. The molecule has 7 heteroatoms. The van der Waals surface area contributed by atoms with Gasteiger partial charge in [0.1, 0.15) is 0 Å². The van der Waals surface area contributed by atoms with E-state index in [0.29, 0.717) is 29.1 Å². The molecule has 0 atom stereocenters. The molecule has 1 heterocycles. The Balaban J connectivity index is 2.37. The Morgan fingerprint density at radius 3 is 2.89 bits per heavy atom. The van der Waals surface area contributed by atoms with Gasteiger partial charge >= 0.3 is 5.97 Å². The van der Waals surface area contributed by atoms with Gasteiger partial charge in [-0.2, -0.15) is 0 Å². The average molecular weight is 293 g/mol. The number of esters is 1. The molecular weight excluding hydrogens is 276 g/mol. The Morgan fingerprint density at radius 2 is 2.28 bits per heavy atom. The molecule has 18 heavy (non-hydrogen) atoms. The van der Waals surface area contributed by atoms with Crippen LogP contribution < -0.4 is 5.32 Å². The second-order valence-corrected chi connectivity index (χ2v) is 5.38. The summed E-state index contributed by atoms with van der Waals surface area (Å²) in [6, 6.07) is 0. The Bertz CT molecular complexity index is 396. The summed E-state index contributed by atoms with van der Waals surface area (Å²) in [7, 11) is 1.31. The molecule has 0 aromatic carbocycles. The molecule has 0 fully saturated rings. The number of halogens is 1. The van der Waals surface area contributed by atoms with Gasteiger partial charge in [0.25, 0.3) is 0 Å². The molecule has 1 aromatic heterocycles. The number of ether oxygens (including phenoxy) is 2. The van der Waals surface area contributed by atoms with Crippen LogP contribution in [0, 0.1) is 5.92 Å². The van der Waals surface area contributed by atoms with Crippen molar-refractivity contribution in [2.75, 3.05) is 32.2 Å². The van der Waals surface area contributed by atoms with Gasteiger partial charge in [-0.3, -0.25) is 0 Å². The molecule has 0 saturated carbocycles. The lowest BCUT2D eigenvalue weighted by molar-refractivity contribution is 0.0606. The highest BCUT2D eigenvalue weighted by atomic mass is 35.5. The first-order chi connectivity index (χ1) is 8.54. The van der Waals surface area contributed by atoms with Gasteiger partial charge in [-0.05, 0) is 5.92 Å². The van der Waals surface area contributed by atoms with Crippen molar-refractivity contribution in [1.29, 1.82) is 0 Å². The molecule has 0 aliphatic heterocycles. The lowest BCUT2D eigenvalue weighted by Gasteiger charge is -2.06. The van der Waals surface area contributed by atoms with Gasteiger partial charge in [0.15, 0.2) is 15.2 Å². The van der Waals surface area contributed by atoms with E-state index in [9.17, 15) is 4.79 Å². The highest BCUT2D eigenvalue weighted by Gasteiger charge is 2.16. The zero-order valence-corrected chi connectivity index (χ0v) is 12.2. The zero-order valence-electron chi connectivity index (χ0n) is 10.7. The number of carbonyl (C=O) groups is 1. The van der Waals surface area contributed by atoms with Crippen LogP contribution in [0.2, 0.25) is 5.15 Å². The third kappa shape index (κ3) is 4.80. The quantitative estimate of drug-likeness (QED) is 0.618. The Kier molecular flexibility index (Phi) is 6.38. The smallest absolute Gasteiger partial charge is 0.351 e. The third-order valence-electron chi connectivity index (χ3n) is 1.93. The van der Waals surface area contributed by atoms with Crippen LogP contribution in [-0.4, -0.2) is 37.8 Å². The molecule has 0 amide bonds. The van der Waals surface area contributed by atoms with E-state index in [0.717, 1.165) is 6.61 Å². The molecule has 1 aromatic rings. The molecule has 5 nitrogen and oxygen atoms in total. The molecule has 1 rings (SSSR count). The number of thiazole rings is 1.